The molecule has 128 valence electrons. The molecule has 0 radical (unpaired) electrons. The van der Waals surface area contributed by atoms with Gasteiger partial charge in [-0.25, -0.2) is 4.79 Å². The van der Waals surface area contributed by atoms with Crippen LogP contribution in [0.2, 0.25) is 0 Å². The van der Waals surface area contributed by atoms with Gasteiger partial charge in [-0.15, -0.1) is 0 Å². The van der Waals surface area contributed by atoms with Crippen LogP contribution in [-0.4, -0.2) is 23.9 Å². The lowest BCUT2D eigenvalue weighted by Gasteiger charge is -2.08. The van der Waals surface area contributed by atoms with Crippen LogP contribution in [0.25, 0.3) is 0 Å². The number of rotatable bonds is 13. The summed E-state index contributed by atoms with van der Waals surface area (Å²) in [7, 11) is 0. The standard InChI is InChI=1S/C16H30N2O4/c1-2-3-4-5-6-7-8-9-10-11-15(20)22-16(21)13(17)12-14(18)19/h13H,2-12,17H2,1H3,(H2,18,19)/t13-/m0/s1. The number of amides is 1. The molecule has 0 heterocycles. The van der Waals surface area contributed by atoms with Gasteiger partial charge in [-0.05, 0) is 6.42 Å². The zero-order valence-electron chi connectivity index (χ0n) is 13.6. The van der Waals surface area contributed by atoms with Crippen molar-refractivity contribution in [2.75, 3.05) is 0 Å². The van der Waals surface area contributed by atoms with E-state index in [-0.39, 0.29) is 12.8 Å². The van der Waals surface area contributed by atoms with Gasteiger partial charge in [0, 0.05) is 6.42 Å². The van der Waals surface area contributed by atoms with Gasteiger partial charge < -0.3 is 16.2 Å². The van der Waals surface area contributed by atoms with E-state index in [1.54, 1.807) is 0 Å². The lowest BCUT2D eigenvalue weighted by molar-refractivity contribution is -0.161. The lowest BCUT2D eigenvalue weighted by atomic mass is 10.1. The second-order valence-electron chi connectivity index (χ2n) is 5.65. The van der Waals surface area contributed by atoms with E-state index in [4.69, 9.17) is 11.5 Å². The molecular formula is C16H30N2O4. The fourth-order valence-corrected chi connectivity index (χ4v) is 2.12. The molecule has 0 fully saturated rings. The molecule has 0 aliphatic heterocycles. The van der Waals surface area contributed by atoms with Crippen molar-refractivity contribution in [1.29, 1.82) is 0 Å². The van der Waals surface area contributed by atoms with Crippen LogP contribution in [0.15, 0.2) is 0 Å². The van der Waals surface area contributed by atoms with Crippen molar-refractivity contribution in [3.05, 3.63) is 0 Å². The van der Waals surface area contributed by atoms with E-state index in [0.29, 0.717) is 6.42 Å². The minimum Gasteiger partial charge on any atom is -0.392 e. The van der Waals surface area contributed by atoms with E-state index in [0.717, 1.165) is 12.8 Å². The van der Waals surface area contributed by atoms with E-state index in [1.165, 1.54) is 38.5 Å². The molecule has 0 aromatic rings. The van der Waals surface area contributed by atoms with Crippen LogP contribution in [-0.2, 0) is 19.1 Å². The molecule has 6 heteroatoms. The maximum atomic E-state index is 11.4. The average molecular weight is 314 g/mol. The number of primary amides is 1. The molecule has 6 nitrogen and oxygen atoms in total. The molecule has 0 saturated heterocycles. The summed E-state index contributed by atoms with van der Waals surface area (Å²) in [5, 5.41) is 0. The van der Waals surface area contributed by atoms with Gasteiger partial charge in [-0.3, -0.25) is 9.59 Å². The van der Waals surface area contributed by atoms with Crippen molar-refractivity contribution in [2.45, 2.75) is 83.6 Å². The molecule has 22 heavy (non-hydrogen) atoms. The molecule has 4 N–H and O–H groups in total. The zero-order valence-corrected chi connectivity index (χ0v) is 13.6. The third-order valence-corrected chi connectivity index (χ3v) is 3.42. The van der Waals surface area contributed by atoms with E-state index < -0.39 is 23.9 Å². The Kier molecular flexibility index (Phi) is 12.4. The monoisotopic (exact) mass is 314 g/mol. The molecule has 1 amide bonds. The zero-order chi connectivity index (χ0) is 16.8. The predicted octanol–water partition coefficient (Wildman–Crippen LogP) is 2.18. The summed E-state index contributed by atoms with van der Waals surface area (Å²) in [4.78, 5) is 33.4. The van der Waals surface area contributed by atoms with Gasteiger partial charge in [0.25, 0.3) is 0 Å². The predicted molar refractivity (Wildman–Crippen MR) is 84.7 cm³/mol. The lowest BCUT2D eigenvalue weighted by Crippen LogP contribution is -2.37. The third-order valence-electron chi connectivity index (χ3n) is 3.42. The summed E-state index contributed by atoms with van der Waals surface area (Å²) in [6.45, 7) is 2.20. The number of carbonyl (C=O) groups is 3. The van der Waals surface area contributed by atoms with Gasteiger partial charge in [0.1, 0.15) is 6.04 Å². The van der Waals surface area contributed by atoms with Crippen LogP contribution in [0.4, 0.5) is 0 Å². The van der Waals surface area contributed by atoms with Crippen LogP contribution in [0, 0.1) is 0 Å². The number of nitrogens with two attached hydrogens (primary N) is 2. The fraction of sp³-hybridized carbons (Fsp3) is 0.812. The largest absolute Gasteiger partial charge is 0.392 e. The number of hydrogen-bond donors (Lipinski definition) is 2. The van der Waals surface area contributed by atoms with Crippen LogP contribution in [0.1, 0.15) is 77.6 Å². The minimum absolute atomic E-state index is 0.199. The van der Waals surface area contributed by atoms with Gasteiger partial charge >= 0.3 is 11.9 Å². The Balaban J connectivity index is 3.53. The molecule has 0 spiro atoms. The molecule has 1 atom stereocenters. The van der Waals surface area contributed by atoms with Gasteiger partial charge in [0.2, 0.25) is 5.91 Å². The van der Waals surface area contributed by atoms with Gasteiger partial charge in [0.05, 0.1) is 6.42 Å². The number of ether oxygens (including phenoxy) is 1. The van der Waals surface area contributed by atoms with Crippen LogP contribution in [0.5, 0.6) is 0 Å². The Morgan fingerprint density at radius 3 is 1.91 bits per heavy atom. The molecule has 0 unspecified atom stereocenters. The number of unbranched alkanes of at least 4 members (excludes halogenated alkanes) is 8. The van der Waals surface area contributed by atoms with Crippen molar-refractivity contribution in [2.24, 2.45) is 11.5 Å². The van der Waals surface area contributed by atoms with Crippen molar-refractivity contribution in [3.8, 4) is 0 Å². The highest BCUT2D eigenvalue weighted by molar-refractivity contribution is 5.91. The van der Waals surface area contributed by atoms with Crippen molar-refractivity contribution in [3.63, 3.8) is 0 Å². The summed E-state index contributed by atoms with van der Waals surface area (Å²) in [6, 6.07) is -1.16. The summed E-state index contributed by atoms with van der Waals surface area (Å²) >= 11 is 0. The first kappa shape index (κ1) is 20.6. The Morgan fingerprint density at radius 2 is 1.41 bits per heavy atom. The first-order valence-electron chi connectivity index (χ1n) is 8.25. The molecule has 0 aliphatic rings. The third kappa shape index (κ3) is 12.3. The highest BCUT2D eigenvalue weighted by atomic mass is 16.6. The Bertz CT molecular complexity index is 345. The number of esters is 2. The topological polar surface area (TPSA) is 112 Å². The van der Waals surface area contributed by atoms with Gasteiger partial charge in [-0.2, -0.15) is 0 Å². The van der Waals surface area contributed by atoms with Crippen molar-refractivity contribution >= 4 is 17.8 Å². The van der Waals surface area contributed by atoms with Crippen LogP contribution < -0.4 is 11.5 Å². The highest BCUT2D eigenvalue weighted by Crippen LogP contribution is 2.10. The Hall–Kier alpha value is -1.43. The first-order valence-corrected chi connectivity index (χ1v) is 8.25. The maximum absolute atomic E-state index is 11.4. The fourth-order valence-electron chi connectivity index (χ4n) is 2.12. The molecule has 0 aromatic carbocycles. The van der Waals surface area contributed by atoms with E-state index in [1.807, 2.05) is 0 Å². The van der Waals surface area contributed by atoms with Crippen LogP contribution >= 0.6 is 0 Å². The summed E-state index contributed by atoms with van der Waals surface area (Å²) < 4.78 is 4.57. The van der Waals surface area contributed by atoms with E-state index >= 15 is 0 Å². The minimum atomic E-state index is -1.16. The molecule has 0 saturated carbocycles. The van der Waals surface area contributed by atoms with E-state index in [2.05, 4.69) is 11.7 Å². The Labute approximate surface area is 132 Å². The van der Waals surface area contributed by atoms with Crippen LogP contribution in [0.3, 0.4) is 0 Å². The summed E-state index contributed by atoms with van der Waals surface area (Å²) in [5.41, 5.74) is 10.3. The quantitative estimate of drug-likeness (QED) is 0.307. The number of hydrogen-bond acceptors (Lipinski definition) is 5. The maximum Gasteiger partial charge on any atom is 0.331 e. The number of carbonyl (C=O) groups excluding carboxylic acids is 3. The van der Waals surface area contributed by atoms with E-state index in [9.17, 15) is 14.4 Å². The van der Waals surface area contributed by atoms with Crippen molar-refractivity contribution < 1.29 is 19.1 Å². The first-order chi connectivity index (χ1) is 10.5. The average Bonchev–Trinajstić information content (AvgIpc) is 2.44. The van der Waals surface area contributed by atoms with Gasteiger partial charge in [-0.1, -0.05) is 58.3 Å². The normalized spacial score (nSPS) is 11.9. The molecule has 0 bridgehead atoms. The smallest absolute Gasteiger partial charge is 0.331 e. The highest BCUT2D eigenvalue weighted by Gasteiger charge is 2.20. The second-order valence-corrected chi connectivity index (χ2v) is 5.65. The van der Waals surface area contributed by atoms with Crippen molar-refractivity contribution in [1.82, 2.24) is 0 Å². The SMILES string of the molecule is CCCCCCCCCCCC(=O)OC(=O)[C@@H](N)CC(N)=O. The molecular weight excluding hydrogens is 284 g/mol. The summed E-state index contributed by atoms with van der Waals surface area (Å²) in [6.07, 6.45) is 10.2. The second kappa shape index (κ2) is 13.2. The molecule has 0 rings (SSSR count). The Morgan fingerprint density at radius 1 is 0.909 bits per heavy atom. The molecule has 0 aromatic heterocycles. The molecule has 0 aliphatic carbocycles. The van der Waals surface area contributed by atoms with Gasteiger partial charge in [0.15, 0.2) is 0 Å². The summed E-state index contributed by atoms with van der Waals surface area (Å²) in [5.74, 6) is -2.18.